The second-order valence-corrected chi connectivity index (χ2v) is 6.66. The molecule has 1 aromatic heterocycles. The molecule has 0 spiro atoms. The van der Waals surface area contributed by atoms with Gasteiger partial charge in [0.15, 0.2) is 0 Å². The first-order valence-corrected chi connectivity index (χ1v) is 7.21. The Kier molecular flexibility index (Phi) is 3.04. The SMILES string of the molecule is CC1=C[C@@H](c2c[nH]c3ccccc23)[C@H](C=O)C(C)(C)C1. The smallest absolute Gasteiger partial charge is 0.124 e. The van der Waals surface area contributed by atoms with Crippen molar-refractivity contribution < 1.29 is 4.79 Å². The number of nitrogens with one attached hydrogen (secondary N) is 1. The number of aromatic nitrogens is 1. The Bertz CT molecular complexity index is 678. The van der Waals surface area contributed by atoms with Crippen LogP contribution in [0.25, 0.3) is 10.9 Å². The Balaban J connectivity index is 2.16. The van der Waals surface area contributed by atoms with Crippen molar-refractivity contribution in [2.45, 2.75) is 33.1 Å². The summed E-state index contributed by atoms with van der Waals surface area (Å²) < 4.78 is 0. The van der Waals surface area contributed by atoms with Crippen molar-refractivity contribution in [3.8, 4) is 0 Å². The van der Waals surface area contributed by atoms with E-state index in [1.807, 2.05) is 6.07 Å². The first kappa shape index (κ1) is 13.2. The fourth-order valence-electron chi connectivity index (χ4n) is 3.71. The maximum atomic E-state index is 11.7. The summed E-state index contributed by atoms with van der Waals surface area (Å²) in [4.78, 5) is 15.0. The van der Waals surface area contributed by atoms with Gasteiger partial charge in [-0.2, -0.15) is 0 Å². The number of carbonyl (C=O) groups excluding carboxylic acids is 1. The molecule has 0 radical (unpaired) electrons. The molecule has 0 fully saturated rings. The Hall–Kier alpha value is -1.83. The van der Waals surface area contributed by atoms with Crippen molar-refractivity contribution in [2.75, 3.05) is 0 Å². The number of hydrogen-bond acceptors (Lipinski definition) is 1. The normalized spacial score (nSPS) is 25.4. The third-order valence-electron chi connectivity index (χ3n) is 4.61. The predicted octanol–water partition coefficient (Wildman–Crippen LogP) is 4.44. The summed E-state index contributed by atoms with van der Waals surface area (Å²) in [6.07, 6.45) is 6.49. The largest absolute Gasteiger partial charge is 0.361 e. The van der Waals surface area contributed by atoms with Gasteiger partial charge in [-0.25, -0.2) is 0 Å². The van der Waals surface area contributed by atoms with Gasteiger partial charge >= 0.3 is 0 Å². The number of aromatic amines is 1. The summed E-state index contributed by atoms with van der Waals surface area (Å²) in [7, 11) is 0. The van der Waals surface area contributed by atoms with Crippen LogP contribution in [0.3, 0.4) is 0 Å². The zero-order valence-corrected chi connectivity index (χ0v) is 12.3. The number of H-pyrrole nitrogens is 1. The molecular weight excluding hydrogens is 246 g/mol. The molecule has 0 saturated carbocycles. The molecule has 1 aliphatic rings. The summed E-state index contributed by atoms with van der Waals surface area (Å²) >= 11 is 0. The Labute approximate surface area is 119 Å². The number of para-hydroxylation sites is 1. The minimum atomic E-state index is 0.0175. The molecule has 1 aromatic carbocycles. The van der Waals surface area contributed by atoms with Crippen LogP contribution in [0.5, 0.6) is 0 Å². The van der Waals surface area contributed by atoms with Gasteiger partial charge in [-0.15, -0.1) is 0 Å². The number of rotatable bonds is 2. The van der Waals surface area contributed by atoms with E-state index in [1.165, 1.54) is 16.5 Å². The minimum Gasteiger partial charge on any atom is -0.361 e. The van der Waals surface area contributed by atoms with Gasteiger partial charge in [0.25, 0.3) is 0 Å². The molecule has 2 aromatic rings. The summed E-state index contributed by atoms with van der Waals surface area (Å²) in [6.45, 7) is 6.57. The summed E-state index contributed by atoms with van der Waals surface area (Å²) in [5.41, 5.74) is 3.78. The lowest BCUT2D eigenvalue weighted by Crippen LogP contribution is -2.33. The van der Waals surface area contributed by atoms with Gasteiger partial charge < -0.3 is 9.78 Å². The minimum absolute atomic E-state index is 0.0175. The molecule has 1 heterocycles. The first-order valence-electron chi connectivity index (χ1n) is 7.21. The van der Waals surface area contributed by atoms with Crippen molar-refractivity contribution in [1.82, 2.24) is 4.98 Å². The molecule has 0 aliphatic heterocycles. The van der Waals surface area contributed by atoms with Crippen LogP contribution >= 0.6 is 0 Å². The van der Waals surface area contributed by atoms with Crippen molar-refractivity contribution in [2.24, 2.45) is 11.3 Å². The lowest BCUT2D eigenvalue weighted by molar-refractivity contribution is -0.114. The van der Waals surface area contributed by atoms with Crippen LogP contribution in [0.2, 0.25) is 0 Å². The van der Waals surface area contributed by atoms with Gasteiger partial charge in [-0.3, -0.25) is 0 Å². The van der Waals surface area contributed by atoms with Gasteiger partial charge in [0, 0.05) is 28.9 Å². The van der Waals surface area contributed by atoms with Crippen molar-refractivity contribution >= 4 is 17.2 Å². The maximum absolute atomic E-state index is 11.7. The third kappa shape index (κ3) is 2.00. The number of allylic oxidation sites excluding steroid dienone is 2. The lowest BCUT2D eigenvalue weighted by atomic mass is 9.63. The molecular formula is C18H21NO. The molecule has 20 heavy (non-hydrogen) atoms. The van der Waals surface area contributed by atoms with Gasteiger partial charge in [0.1, 0.15) is 6.29 Å². The predicted molar refractivity (Wildman–Crippen MR) is 82.7 cm³/mol. The monoisotopic (exact) mass is 267 g/mol. The molecule has 1 aliphatic carbocycles. The number of benzene rings is 1. The maximum Gasteiger partial charge on any atom is 0.124 e. The van der Waals surface area contributed by atoms with E-state index in [2.05, 4.69) is 56.2 Å². The van der Waals surface area contributed by atoms with Crippen molar-refractivity contribution in [1.29, 1.82) is 0 Å². The van der Waals surface area contributed by atoms with E-state index in [0.717, 1.165) is 18.2 Å². The highest BCUT2D eigenvalue weighted by molar-refractivity contribution is 5.84. The Morgan fingerprint density at radius 1 is 1.30 bits per heavy atom. The Morgan fingerprint density at radius 2 is 2.05 bits per heavy atom. The lowest BCUT2D eigenvalue weighted by Gasteiger charge is -2.39. The quantitative estimate of drug-likeness (QED) is 0.633. The van der Waals surface area contributed by atoms with Crippen LogP contribution < -0.4 is 0 Å². The average Bonchev–Trinajstić information content (AvgIpc) is 2.80. The van der Waals surface area contributed by atoms with Crippen LogP contribution in [0.15, 0.2) is 42.1 Å². The van der Waals surface area contributed by atoms with Gasteiger partial charge in [0.2, 0.25) is 0 Å². The molecule has 0 bridgehead atoms. The highest BCUT2D eigenvalue weighted by Crippen LogP contribution is 2.47. The molecule has 2 heteroatoms. The summed E-state index contributed by atoms with van der Waals surface area (Å²) in [6, 6.07) is 8.30. The van der Waals surface area contributed by atoms with E-state index in [4.69, 9.17) is 0 Å². The molecule has 104 valence electrons. The van der Waals surface area contributed by atoms with Crippen LogP contribution in [-0.4, -0.2) is 11.3 Å². The van der Waals surface area contributed by atoms with Crippen molar-refractivity contribution in [3.05, 3.63) is 47.7 Å². The Morgan fingerprint density at radius 3 is 2.80 bits per heavy atom. The number of aldehydes is 1. The third-order valence-corrected chi connectivity index (χ3v) is 4.61. The molecule has 2 atom stereocenters. The molecule has 0 unspecified atom stereocenters. The molecule has 0 amide bonds. The fraction of sp³-hybridized carbons (Fsp3) is 0.389. The van der Waals surface area contributed by atoms with E-state index in [1.54, 1.807) is 0 Å². The van der Waals surface area contributed by atoms with E-state index in [9.17, 15) is 4.79 Å². The van der Waals surface area contributed by atoms with Crippen LogP contribution in [0.4, 0.5) is 0 Å². The summed E-state index contributed by atoms with van der Waals surface area (Å²) in [5, 5.41) is 1.23. The van der Waals surface area contributed by atoms with Gasteiger partial charge in [-0.05, 0) is 30.4 Å². The number of hydrogen-bond donors (Lipinski definition) is 1. The van der Waals surface area contributed by atoms with Gasteiger partial charge in [-0.1, -0.05) is 43.7 Å². The highest BCUT2D eigenvalue weighted by Gasteiger charge is 2.39. The molecule has 2 nitrogen and oxygen atoms in total. The zero-order valence-electron chi connectivity index (χ0n) is 12.3. The van der Waals surface area contributed by atoms with E-state index < -0.39 is 0 Å². The number of fused-ring (bicyclic) bond motifs is 1. The van der Waals surface area contributed by atoms with Crippen LogP contribution in [0, 0.1) is 11.3 Å². The molecule has 3 rings (SSSR count). The zero-order chi connectivity index (χ0) is 14.3. The second kappa shape index (κ2) is 4.62. The molecule has 0 saturated heterocycles. The van der Waals surface area contributed by atoms with Gasteiger partial charge in [0.05, 0.1) is 0 Å². The number of carbonyl (C=O) groups is 1. The second-order valence-electron chi connectivity index (χ2n) is 6.66. The van der Waals surface area contributed by atoms with E-state index >= 15 is 0 Å². The van der Waals surface area contributed by atoms with Crippen LogP contribution in [0.1, 0.15) is 38.7 Å². The van der Waals surface area contributed by atoms with Crippen molar-refractivity contribution in [3.63, 3.8) is 0 Å². The fourth-order valence-corrected chi connectivity index (χ4v) is 3.71. The van der Waals surface area contributed by atoms with Crippen LogP contribution in [-0.2, 0) is 4.79 Å². The first-order chi connectivity index (χ1) is 9.53. The highest BCUT2D eigenvalue weighted by atomic mass is 16.1. The van der Waals surface area contributed by atoms with E-state index in [-0.39, 0.29) is 17.3 Å². The topological polar surface area (TPSA) is 32.9 Å². The molecule has 1 N–H and O–H groups in total. The standard InChI is InChI=1S/C18H21NO/c1-12-8-14(16(11-20)18(2,3)9-12)15-10-19-17-7-5-4-6-13(15)17/h4-8,10-11,14,16,19H,9H2,1-3H3/t14-,16-/m0/s1. The average molecular weight is 267 g/mol. The van der Waals surface area contributed by atoms with E-state index in [0.29, 0.717) is 0 Å². The summed E-state index contributed by atoms with van der Waals surface area (Å²) in [5.74, 6) is 0.206.